The number of hydrazine groups is 1. The molecule has 1 saturated heterocycles. The molecule has 1 aliphatic rings. The number of hydrogen-bond donors (Lipinski definition) is 3. The van der Waals surface area contributed by atoms with Crippen LogP contribution in [-0.2, 0) is 0 Å². The number of ether oxygens (including phenoxy) is 1. The Labute approximate surface area is 107 Å². The molecule has 0 bridgehead atoms. The van der Waals surface area contributed by atoms with Gasteiger partial charge in [0.05, 0.1) is 7.11 Å². The van der Waals surface area contributed by atoms with Crippen molar-refractivity contribution >= 4 is 11.6 Å². The number of aromatic nitrogens is 2. The molecule has 2 rings (SSSR count). The van der Waals surface area contributed by atoms with Gasteiger partial charge in [0.2, 0.25) is 5.75 Å². The summed E-state index contributed by atoms with van der Waals surface area (Å²) in [6, 6.07) is 0. The van der Waals surface area contributed by atoms with Crippen LogP contribution in [0.1, 0.15) is 12.8 Å². The summed E-state index contributed by atoms with van der Waals surface area (Å²) in [5.41, 5.74) is 2.49. The second-order valence-corrected chi connectivity index (χ2v) is 4.22. The molecule has 2 heterocycles. The van der Waals surface area contributed by atoms with Crippen LogP contribution in [-0.4, -0.2) is 48.2 Å². The summed E-state index contributed by atoms with van der Waals surface area (Å²) < 4.78 is 5.25. The van der Waals surface area contributed by atoms with Crippen molar-refractivity contribution in [2.75, 3.05) is 44.0 Å². The lowest BCUT2D eigenvalue weighted by Crippen LogP contribution is -2.26. The second kappa shape index (κ2) is 6.36. The van der Waals surface area contributed by atoms with Crippen LogP contribution >= 0.6 is 0 Å². The van der Waals surface area contributed by atoms with Gasteiger partial charge in [0.25, 0.3) is 0 Å². The summed E-state index contributed by atoms with van der Waals surface area (Å²) in [4.78, 5) is 10.6. The van der Waals surface area contributed by atoms with Crippen LogP contribution < -0.4 is 21.3 Å². The van der Waals surface area contributed by atoms with Gasteiger partial charge in [0.15, 0.2) is 11.6 Å². The number of anilines is 2. The molecule has 1 aromatic rings. The molecule has 0 unspecified atom stereocenters. The minimum Gasteiger partial charge on any atom is -0.490 e. The largest absolute Gasteiger partial charge is 0.490 e. The van der Waals surface area contributed by atoms with E-state index in [1.165, 1.54) is 32.3 Å². The third-order valence-electron chi connectivity index (χ3n) is 3.06. The maximum absolute atomic E-state index is 5.37. The molecular formula is C11H20N6O. The van der Waals surface area contributed by atoms with Gasteiger partial charge in [-0.15, -0.1) is 0 Å². The van der Waals surface area contributed by atoms with Crippen molar-refractivity contribution in [2.45, 2.75) is 12.8 Å². The predicted octanol–water partition coefficient (Wildman–Crippen LogP) is 0.278. The van der Waals surface area contributed by atoms with Crippen LogP contribution in [0, 0.1) is 0 Å². The van der Waals surface area contributed by atoms with E-state index < -0.39 is 0 Å². The molecule has 100 valence electrons. The van der Waals surface area contributed by atoms with E-state index in [4.69, 9.17) is 10.6 Å². The van der Waals surface area contributed by atoms with Crippen LogP contribution in [0.25, 0.3) is 0 Å². The van der Waals surface area contributed by atoms with Crippen LogP contribution in [0.5, 0.6) is 5.75 Å². The van der Waals surface area contributed by atoms with Crippen molar-refractivity contribution < 1.29 is 4.74 Å². The number of methoxy groups -OCH3 is 1. The fourth-order valence-corrected chi connectivity index (χ4v) is 2.13. The number of nitrogens with two attached hydrogens (primary N) is 1. The Hall–Kier alpha value is -1.60. The molecule has 1 aliphatic heterocycles. The molecule has 0 radical (unpaired) electrons. The third-order valence-corrected chi connectivity index (χ3v) is 3.06. The van der Waals surface area contributed by atoms with Gasteiger partial charge in [-0.1, -0.05) is 0 Å². The summed E-state index contributed by atoms with van der Waals surface area (Å²) >= 11 is 0. The number of nitrogen functional groups attached to an aromatic ring is 1. The van der Waals surface area contributed by atoms with Crippen LogP contribution in [0.3, 0.4) is 0 Å². The molecule has 0 saturated carbocycles. The van der Waals surface area contributed by atoms with Crippen molar-refractivity contribution in [3.05, 3.63) is 6.33 Å². The highest BCUT2D eigenvalue weighted by Crippen LogP contribution is 2.27. The smallest absolute Gasteiger partial charge is 0.205 e. The minimum absolute atomic E-state index is 0.483. The lowest BCUT2D eigenvalue weighted by molar-refractivity contribution is 0.352. The fraction of sp³-hybridized carbons (Fsp3) is 0.636. The van der Waals surface area contributed by atoms with Gasteiger partial charge in [-0.05, 0) is 25.9 Å². The van der Waals surface area contributed by atoms with Crippen molar-refractivity contribution in [2.24, 2.45) is 5.84 Å². The second-order valence-electron chi connectivity index (χ2n) is 4.22. The van der Waals surface area contributed by atoms with E-state index in [1.54, 1.807) is 7.11 Å². The Kier molecular flexibility index (Phi) is 4.54. The van der Waals surface area contributed by atoms with Crippen LogP contribution in [0.4, 0.5) is 11.6 Å². The first-order chi connectivity index (χ1) is 8.85. The van der Waals surface area contributed by atoms with E-state index in [0.717, 1.165) is 13.1 Å². The van der Waals surface area contributed by atoms with Gasteiger partial charge >= 0.3 is 0 Å². The number of nitrogens with one attached hydrogen (secondary N) is 2. The SMILES string of the molecule is COc1c(NN)ncnc1NCCN1CCCC1. The van der Waals surface area contributed by atoms with Gasteiger partial charge < -0.3 is 20.4 Å². The maximum atomic E-state index is 5.37. The molecule has 0 aliphatic carbocycles. The Bertz CT molecular complexity index is 380. The Morgan fingerprint density at radius 1 is 1.33 bits per heavy atom. The standard InChI is InChI=1S/C11H20N6O/c1-18-9-10(14-8-15-11(9)16-12)13-4-7-17-5-2-3-6-17/h8H,2-7,12H2,1H3,(H2,13,14,15,16). The normalized spacial score (nSPS) is 15.7. The molecule has 7 nitrogen and oxygen atoms in total. The van der Waals surface area contributed by atoms with E-state index in [2.05, 4.69) is 25.6 Å². The van der Waals surface area contributed by atoms with E-state index in [1.807, 2.05) is 0 Å². The molecular weight excluding hydrogens is 232 g/mol. The lowest BCUT2D eigenvalue weighted by Gasteiger charge is -2.16. The van der Waals surface area contributed by atoms with Gasteiger partial charge in [-0.2, -0.15) is 0 Å². The van der Waals surface area contributed by atoms with Crippen LogP contribution in [0.2, 0.25) is 0 Å². The Balaban J connectivity index is 1.91. The van der Waals surface area contributed by atoms with Crippen molar-refractivity contribution in [3.63, 3.8) is 0 Å². The molecule has 1 aromatic heterocycles. The fourth-order valence-electron chi connectivity index (χ4n) is 2.13. The molecule has 18 heavy (non-hydrogen) atoms. The minimum atomic E-state index is 0.483. The van der Waals surface area contributed by atoms with Gasteiger partial charge in [-0.3, -0.25) is 0 Å². The van der Waals surface area contributed by atoms with Crippen molar-refractivity contribution in [1.82, 2.24) is 14.9 Å². The molecule has 0 spiro atoms. The highest BCUT2D eigenvalue weighted by molar-refractivity contribution is 5.62. The zero-order valence-corrected chi connectivity index (χ0v) is 10.6. The molecule has 1 fully saturated rings. The van der Waals surface area contributed by atoms with E-state index in [0.29, 0.717) is 17.4 Å². The first kappa shape index (κ1) is 12.8. The first-order valence-corrected chi connectivity index (χ1v) is 6.17. The van der Waals surface area contributed by atoms with E-state index in [9.17, 15) is 0 Å². The molecule has 0 amide bonds. The lowest BCUT2D eigenvalue weighted by atomic mass is 10.4. The Morgan fingerprint density at radius 3 is 2.72 bits per heavy atom. The first-order valence-electron chi connectivity index (χ1n) is 6.17. The quantitative estimate of drug-likeness (QED) is 0.495. The average molecular weight is 252 g/mol. The zero-order valence-electron chi connectivity index (χ0n) is 10.6. The van der Waals surface area contributed by atoms with E-state index >= 15 is 0 Å². The van der Waals surface area contributed by atoms with Gasteiger partial charge in [0, 0.05) is 13.1 Å². The number of hydrogen-bond acceptors (Lipinski definition) is 7. The Morgan fingerprint density at radius 2 is 2.06 bits per heavy atom. The molecule has 0 aromatic carbocycles. The maximum Gasteiger partial charge on any atom is 0.205 e. The van der Waals surface area contributed by atoms with E-state index in [-0.39, 0.29) is 0 Å². The zero-order chi connectivity index (χ0) is 12.8. The topological polar surface area (TPSA) is 88.3 Å². The highest BCUT2D eigenvalue weighted by Gasteiger charge is 2.13. The summed E-state index contributed by atoms with van der Waals surface area (Å²) in [5.74, 6) is 7.06. The number of likely N-dealkylation sites (tertiary alicyclic amines) is 1. The third kappa shape index (κ3) is 2.99. The number of nitrogens with zero attached hydrogens (tertiary/aromatic N) is 3. The molecule has 0 atom stereocenters. The van der Waals surface area contributed by atoms with Crippen LogP contribution in [0.15, 0.2) is 6.33 Å². The van der Waals surface area contributed by atoms with Gasteiger partial charge in [-0.25, -0.2) is 15.8 Å². The average Bonchev–Trinajstić information content (AvgIpc) is 2.91. The monoisotopic (exact) mass is 252 g/mol. The summed E-state index contributed by atoms with van der Waals surface area (Å²) in [5, 5.41) is 3.25. The molecule has 4 N–H and O–H groups in total. The summed E-state index contributed by atoms with van der Waals surface area (Å²) in [7, 11) is 1.57. The van der Waals surface area contributed by atoms with Gasteiger partial charge in [0.1, 0.15) is 6.33 Å². The number of rotatable bonds is 6. The van der Waals surface area contributed by atoms with Crippen molar-refractivity contribution in [3.8, 4) is 5.75 Å². The summed E-state index contributed by atoms with van der Waals surface area (Å²) in [6.07, 6.45) is 4.06. The predicted molar refractivity (Wildman–Crippen MR) is 70.6 cm³/mol. The summed E-state index contributed by atoms with van der Waals surface area (Å²) in [6.45, 7) is 4.23. The van der Waals surface area contributed by atoms with Crippen molar-refractivity contribution in [1.29, 1.82) is 0 Å². The molecule has 7 heteroatoms. The highest BCUT2D eigenvalue weighted by atomic mass is 16.5.